The molecule has 0 radical (unpaired) electrons. The molecule has 0 aliphatic rings. The third-order valence-electron chi connectivity index (χ3n) is 1.90. The van der Waals surface area contributed by atoms with Gasteiger partial charge in [-0.15, -0.1) is 0 Å². The average Bonchev–Trinajstić information content (AvgIpc) is 2.03. The first-order chi connectivity index (χ1) is 5.95. The van der Waals surface area contributed by atoms with Crippen molar-refractivity contribution in [1.82, 2.24) is 0 Å². The highest BCUT2D eigenvalue weighted by Gasteiger charge is 2.17. The number of hydrogen-bond acceptors (Lipinski definition) is 1. The van der Waals surface area contributed by atoms with E-state index < -0.39 is 0 Å². The van der Waals surface area contributed by atoms with Crippen LogP contribution >= 0.6 is 15.9 Å². The van der Waals surface area contributed by atoms with Crippen molar-refractivity contribution < 1.29 is 0 Å². The van der Waals surface area contributed by atoms with E-state index in [4.69, 9.17) is 5.26 Å². The Hall–Kier alpha value is -0.810. The minimum absolute atomic E-state index is 0.0751. The monoisotopic (exact) mass is 237 g/mol. The Bertz CT molecular complexity index is 355. The highest BCUT2D eigenvalue weighted by Crippen LogP contribution is 2.30. The van der Waals surface area contributed by atoms with Gasteiger partial charge in [-0.25, -0.2) is 0 Å². The number of halogens is 1. The van der Waals surface area contributed by atoms with Gasteiger partial charge in [0.05, 0.1) is 11.6 Å². The molecule has 0 fully saturated rings. The number of nitriles is 1. The first-order valence-electron chi connectivity index (χ1n) is 4.15. The second kappa shape index (κ2) is 3.51. The topological polar surface area (TPSA) is 23.8 Å². The Morgan fingerprint density at radius 3 is 2.38 bits per heavy atom. The van der Waals surface area contributed by atoms with Gasteiger partial charge < -0.3 is 0 Å². The summed E-state index contributed by atoms with van der Waals surface area (Å²) in [6, 6.07) is 7.83. The van der Waals surface area contributed by atoms with Crippen LogP contribution in [0.15, 0.2) is 22.7 Å². The number of benzene rings is 1. The van der Waals surface area contributed by atoms with E-state index in [1.54, 1.807) is 0 Å². The molecule has 0 atom stereocenters. The molecule has 0 saturated heterocycles. The first kappa shape index (κ1) is 10.3. The van der Waals surface area contributed by atoms with Gasteiger partial charge in [0.2, 0.25) is 0 Å². The fourth-order valence-electron chi connectivity index (χ4n) is 1.17. The van der Waals surface area contributed by atoms with Gasteiger partial charge in [0, 0.05) is 4.47 Å². The zero-order valence-electron chi connectivity index (χ0n) is 8.06. The van der Waals surface area contributed by atoms with Gasteiger partial charge >= 0.3 is 0 Å². The van der Waals surface area contributed by atoms with Crippen LogP contribution in [0.4, 0.5) is 0 Å². The molecule has 0 spiro atoms. The van der Waals surface area contributed by atoms with E-state index in [1.807, 2.05) is 18.2 Å². The Morgan fingerprint density at radius 1 is 1.31 bits per heavy atom. The molecule has 0 unspecified atom stereocenters. The Kier molecular flexibility index (Phi) is 2.77. The second-order valence-electron chi connectivity index (χ2n) is 4.06. The van der Waals surface area contributed by atoms with Crippen LogP contribution in [-0.2, 0) is 5.41 Å². The summed E-state index contributed by atoms with van der Waals surface area (Å²) in [6.45, 7) is 6.40. The Balaban J connectivity index is 3.29. The zero-order chi connectivity index (χ0) is 10.1. The second-order valence-corrected chi connectivity index (χ2v) is 4.91. The molecule has 1 rings (SSSR count). The molecule has 13 heavy (non-hydrogen) atoms. The maximum Gasteiger partial charge on any atom is 0.0991 e. The average molecular weight is 238 g/mol. The van der Waals surface area contributed by atoms with E-state index in [0.717, 1.165) is 4.47 Å². The van der Waals surface area contributed by atoms with E-state index >= 15 is 0 Å². The fraction of sp³-hybridized carbons (Fsp3) is 0.364. The molecule has 0 aliphatic carbocycles. The van der Waals surface area contributed by atoms with Crippen molar-refractivity contribution >= 4 is 15.9 Å². The van der Waals surface area contributed by atoms with E-state index in [0.29, 0.717) is 5.56 Å². The smallest absolute Gasteiger partial charge is 0.0991 e. The largest absolute Gasteiger partial charge is 0.192 e. The summed E-state index contributed by atoms with van der Waals surface area (Å²) in [5, 5.41) is 8.75. The summed E-state index contributed by atoms with van der Waals surface area (Å²) in [6.07, 6.45) is 0. The lowest BCUT2D eigenvalue weighted by molar-refractivity contribution is 0.587. The van der Waals surface area contributed by atoms with Crippen molar-refractivity contribution in [1.29, 1.82) is 5.26 Å². The van der Waals surface area contributed by atoms with Crippen LogP contribution in [0.2, 0.25) is 0 Å². The van der Waals surface area contributed by atoms with Gasteiger partial charge in [-0.3, -0.25) is 0 Å². The van der Waals surface area contributed by atoms with Gasteiger partial charge in [0.1, 0.15) is 0 Å². The van der Waals surface area contributed by atoms with Crippen LogP contribution < -0.4 is 0 Å². The van der Waals surface area contributed by atoms with Crippen molar-refractivity contribution in [3.63, 3.8) is 0 Å². The fourth-order valence-corrected chi connectivity index (χ4v) is 2.01. The molecule has 0 aliphatic heterocycles. The zero-order valence-corrected chi connectivity index (χ0v) is 9.64. The summed E-state index contributed by atoms with van der Waals surface area (Å²) in [5.41, 5.74) is 1.96. The molecule has 68 valence electrons. The van der Waals surface area contributed by atoms with Crippen molar-refractivity contribution in [2.45, 2.75) is 26.2 Å². The third kappa shape index (κ3) is 2.32. The molecule has 1 aromatic rings. The van der Waals surface area contributed by atoms with Crippen LogP contribution in [0.3, 0.4) is 0 Å². The summed E-state index contributed by atoms with van der Waals surface area (Å²) in [7, 11) is 0. The molecule has 0 saturated carbocycles. The van der Waals surface area contributed by atoms with Crippen LogP contribution in [0.1, 0.15) is 31.9 Å². The number of nitrogens with zero attached hydrogens (tertiary/aromatic N) is 1. The van der Waals surface area contributed by atoms with Gasteiger partial charge in [-0.05, 0) is 29.2 Å². The minimum Gasteiger partial charge on any atom is -0.192 e. The van der Waals surface area contributed by atoms with Crippen molar-refractivity contribution in [3.8, 4) is 6.07 Å². The Labute approximate surface area is 87.5 Å². The lowest BCUT2D eigenvalue weighted by Crippen LogP contribution is -2.12. The summed E-state index contributed by atoms with van der Waals surface area (Å²) < 4.78 is 1.07. The SMILES string of the molecule is CC(C)(C)c1cc(C#N)ccc1Br. The molecule has 0 heterocycles. The molecular weight excluding hydrogens is 226 g/mol. The predicted molar refractivity (Wildman–Crippen MR) is 57.6 cm³/mol. The third-order valence-corrected chi connectivity index (χ3v) is 2.59. The van der Waals surface area contributed by atoms with Crippen LogP contribution in [-0.4, -0.2) is 0 Å². The maximum absolute atomic E-state index is 8.75. The van der Waals surface area contributed by atoms with Gasteiger partial charge in [0.15, 0.2) is 0 Å². The molecule has 0 bridgehead atoms. The normalized spacial score (nSPS) is 11.0. The van der Waals surface area contributed by atoms with Crippen molar-refractivity contribution in [3.05, 3.63) is 33.8 Å². The molecular formula is C11H12BrN. The predicted octanol–water partition coefficient (Wildman–Crippen LogP) is 3.62. The minimum atomic E-state index is 0.0751. The molecule has 1 nitrogen and oxygen atoms in total. The number of hydrogen-bond donors (Lipinski definition) is 0. The molecule has 2 heteroatoms. The van der Waals surface area contributed by atoms with Crippen LogP contribution in [0, 0.1) is 11.3 Å². The summed E-state index contributed by atoms with van der Waals surface area (Å²) in [5.74, 6) is 0. The quantitative estimate of drug-likeness (QED) is 0.677. The molecule has 0 amide bonds. The van der Waals surface area contributed by atoms with E-state index in [9.17, 15) is 0 Å². The summed E-state index contributed by atoms with van der Waals surface area (Å²) in [4.78, 5) is 0. The van der Waals surface area contributed by atoms with Crippen molar-refractivity contribution in [2.24, 2.45) is 0 Å². The Morgan fingerprint density at radius 2 is 1.92 bits per heavy atom. The highest BCUT2D eigenvalue weighted by molar-refractivity contribution is 9.10. The van der Waals surface area contributed by atoms with Gasteiger partial charge in [0.25, 0.3) is 0 Å². The molecule has 1 aromatic carbocycles. The van der Waals surface area contributed by atoms with Gasteiger partial charge in [-0.2, -0.15) is 5.26 Å². The van der Waals surface area contributed by atoms with Crippen LogP contribution in [0.5, 0.6) is 0 Å². The van der Waals surface area contributed by atoms with E-state index in [2.05, 4.69) is 42.8 Å². The maximum atomic E-state index is 8.75. The molecule has 0 N–H and O–H groups in total. The van der Waals surface area contributed by atoms with Gasteiger partial charge in [-0.1, -0.05) is 36.7 Å². The standard InChI is InChI=1S/C11H12BrN/c1-11(2,3)9-6-8(7-13)4-5-10(9)12/h4-6H,1-3H3. The number of rotatable bonds is 0. The lowest BCUT2D eigenvalue weighted by Gasteiger charge is -2.20. The molecule has 0 aromatic heterocycles. The van der Waals surface area contributed by atoms with Crippen molar-refractivity contribution in [2.75, 3.05) is 0 Å². The highest BCUT2D eigenvalue weighted by atomic mass is 79.9. The van der Waals surface area contributed by atoms with E-state index in [-0.39, 0.29) is 5.41 Å². The lowest BCUT2D eigenvalue weighted by atomic mass is 9.86. The van der Waals surface area contributed by atoms with E-state index in [1.165, 1.54) is 5.56 Å². The van der Waals surface area contributed by atoms with Crippen LogP contribution in [0.25, 0.3) is 0 Å². The first-order valence-corrected chi connectivity index (χ1v) is 4.94. The summed E-state index contributed by atoms with van der Waals surface area (Å²) >= 11 is 3.49.